The second-order valence-electron chi connectivity index (χ2n) is 4.16. The van der Waals surface area contributed by atoms with Gasteiger partial charge in [0, 0.05) is 18.8 Å². The Balaban J connectivity index is 1.93. The molecule has 2 rings (SSSR count). The molecule has 1 N–H and O–H groups in total. The Bertz CT molecular complexity index is 397. The van der Waals surface area contributed by atoms with Crippen molar-refractivity contribution in [3.8, 4) is 0 Å². The Morgan fingerprint density at radius 1 is 1.69 bits per heavy atom. The van der Waals surface area contributed by atoms with Crippen LogP contribution in [0, 0.1) is 0 Å². The van der Waals surface area contributed by atoms with Gasteiger partial charge in [-0.1, -0.05) is 12.6 Å². The van der Waals surface area contributed by atoms with Gasteiger partial charge >= 0.3 is 0 Å². The van der Waals surface area contributed by atoms with Crippen LogP contribution >= 0.6 is 0 Å². The molecule has 1 aliphatic rings. The van der Waals surface area contributed by atoms with E-state index < -0.39 is 5.60 Å². The molecule has 4 nitrogen and oxygen atoms in total. The zero-order chi connectivity index (χ0) is 11.6. The van der Waals surface area contributed by atoms with Gasteiger partial charge in [-0.05, 0) is 17.7 Å². The number of nitrogens with zero attached hydrogens (tertiary/aromatic N) is 2. The van der Waals surface area contributed by atoms with Crippen LogP contribution in [0.4, 0.5) is 0 Å². The number of amides is 1. The number of carbonyl (C=O) groups is 1. The minimum atomic E-state index is -0.804. The molecule has 0 aromatic carbocycles. The second kappa shape index (κ2) is 4.06. The first-order valence-electron chi connectivity index (χ1n) is 5.16. The zero-order valence-electron chi connectivity index (χ0n) is 8.97. The third kappa shape index (κ3) is 2.12. The molecule has 0 radical (unpaired) electrons. The van der Waals surface area contributed by atoms with E-state index in [1.54, 1.807) is 17.3 Å². The molecule has 0 bridgehead atoms. The molecule has 1 amide bonds. The van der Waals surface area contributed by atoms with E-state index in [1.165, 1.54) is 6.08 Å². The summed E-state index contributed by atoms with van der Waals surface area (Å²) in [5.74, 6) is -0.129. The largest absolute Gasteiger partial charge is 0.386 e. The number of rotatable bonds is 3. The van der Waals surface area contributed by atoms with E-state index in [9.17, 15) is 9.90 Å². The lowest BCUT2D eigenvalue weighted by Crippen LogP contribution is -2.64. The molecule has 0 aliphatic carbocycles. The van der Waals surface area contributed by atoms with E-state index in [-0.39, 0.29) is 5.91 Å². The van der Waals surface area contributed by atoms with Gasteiger partial charge in [0.25, 0.3) is 0 Å². The Morgan fingerprint density at radius 2 is 2.44 bits per heavy atom. The molecule has 1 aromatic heterocycles. The first kappa shape index (κ1) is 10.8. The standard InChI is InChI=1S/C12H14N2O2/c1-2-11(15)14-8-12(16,9-14)6-10-4-3-5-13-7-10/h2-5,7,16H,1,6,8-9H2. The molecule has 4 heteroatoms. The highest BCUT2D eigenvalue weighted by molar-refractivity contribution is 5.87. The van der Waals surface area contributed by atoms with Gasteiger partial charge in [0.15, 0.2) is 0 Å². The molecule has 1 saturated heterocycles. The summed E-state index contributed by atoms with van der Waals surface area (Å²) in [6, 6.07) is 3.76. The van der Waals surface area contributed by atoms with Gasteiger partial charge in [-0.15, -0.1) is 0 Å². The maximum absolute atomic E-state index is 11.2. The van der Waals surface area contributed by atoms with E-state index in [0.717, 1.165) is 5.56 Å². The first-order valence-corrected chi connectivity index (χ1v) is 5.16. The van der Waals surface area contributed by atoms with E-state index in [2.05, 4.69) is 11.6 Å². The molecule has 1 fully saturated rings. The van der Waals surface area contributed by atoms with Crippen molar-refractivity contribution >= 4 is 5.91 Å². The number of β-amino-alcohol motifs (C(OH)–C–C–N with tert-alkyl or cyclic N) is 1. The number of carbonyl (C=O) groups excluding carboxylic acids is 1. The molecule has 2 heterocycles. The highest BCUT2D eigenvalue weighted by Crippen LogP contribution is 2.25. The summed E-state index contributed by atoms with van der Waals surface area (Å²) in [6.45, 7) is 4.15. The Labute approximate surface area is 94.2 Å². The molecule has 0 atom stereocenters. The topological polar surface area (TPSA) is 53.4 Å². The average Bonchev–Trinajstić information content (AvgIpc) is 2.26. The lowest BCUT2D eigenvalue weighted by Gasteiger charge is -2.46. The normalized spacial score (nSPS) is 17.7. The Kier molecular flexibility index (Phi) is 2.75. The van der Waals surface area contributed by atoms with Crippen molar-refractivity contribution < 1.29 is 9.90 Å². The lowest BCUT2D eigenvalue weighted by atomic mass is 9.87. The predicted octanol–water partition coefficient (Wildman–Crippen LogP) is 0.383. The third-order valence-corrected chi connectivity index (χ3v) is 2.71. The molecule has 1 aliphatic heterocycles. The summed E-state index contributed by atoms with van der Waals surface area (Å²) in [5, 5.41) is 10.1. The fourth-order valence-corrected chi connectivity index (χ4v) is 1.94. The third-order valence-electron chi connectivity index (χ3n) is 2.71. The molecular formula is C12H14N2O2. The zero-order valence-corrected chi connectivity index (χ0v) is 8.97. The number of hydrogen-bond donors (Lipinski definition) is 1. The van der Waals surface area contributed by atoms with Gasteiger partial charge in [-0.2, -0.15) is 0 Å². The van der Waals surface area contributed by atoms with Gasteiger partial charge in [-0.3, -0.25) is 9.78 Å². The second-order valence-corrected chi connectivity index (χ2v) is 4.16. The number of hydrogen-bond acceptors (Lipinski definition) is 3. The molecule has 16 heavy (non-hydrogen) atoms. The van der Waals surface area contributed by atoms with Crippen molar-refractivity contribution in [1.29, 1.82) is 0 Å². The predicted molar refractivity (Wildman–Crippen MR) is 59.7 cm³/mol. The van der Waals surface area contributed by atoms with Crippen LogP contribution in [0.15, 0.2) is 37.2 Å². The number of aliphatic hydroxyl groups is 1. The fourth-order valence-electron chi connectivity index (χ4n) is 1.94. The van der Waals surface area contributed by atoms with Crippen LogP contribution in [0.1, 0.15) is 5.56 Å². The van der Waals surface area contributed by atoms with Gasteiger partial charge in [0.1, 0.15) is 5.60 Å². The van der Waals surface area contributed by atoms with E-state index in [4.69, 9.17) is 0 Å². The van der Waals surface area contributed by atoms with Crippen molar-refractivity contribution in [2.45, 2.75) is 12.0 Å². The summed E-state index contributed by atoms with van der Waals surface area (Å²) in [7, 11) is 0. The monoisotopic (exact) mass is 218 g/mol. The SMILES string of the molecule is C=CC(=O)N1CC(O)(Cc2cccnc2)C1. The molecule has 1 aromatic rings. The van der Waals surface area contributed by atoms with Crippen LogP contribution in [0.2, 0.25) is 0 Å². The molecule has 0 saturated carbocycles. The highest BCUT2D eigenvalue weighted by Gasteiger charge is 2.42. The van der Waals surface area contributed by atoms with Crippen LogP contribution < -0.4 is 0 Å². The number of pyridine rings is 1. The van der Waals surface area contributed by atoms with Crippen LogP contribution in [-0.2, 0) is 11.2 Å². The maximum Gasteiger partial charge on any atom is 0.246 e. The van der Waals surface area contributed by atoms with Crippen LogP contribution in [0.25, 0.3) is 0 Å². The number of likely N-dealkylation sites (tertiary alicyclic amines) is 1. The van der Waals surface area contributed by atoms with Gasteiger partial charge in [0.2, 0.25) is 5.91 Å². The van der Waals surface area contributed by atoms with E-state index >= 15 is 0 Å². The molecular weight excluding hydrogens is 204 g/mol. The van der Waals surface area contributed by atoms with Crippen LogP contribution in [0.5, 0.6) is 0 Å². The van der Waals surface area contributed by atoms with Crippen molar-refractivity contribution in [1.82, 2.24) is 9.88 Å². The fraction of sp³-hybridized carbons (Fsp3) is 0.333. The minimum absolute atomic E-state index is 0.129. The Morgan fingerprint density at radius 3 is 3.00 bits per heavy atom. The summed E-state index contributed by atoms with van der Waals surface area (Å²) in [6.07, 6.45) is 5.23. The van der Waals surface area contributed by atoms with Crippen LogP contribution in [0.3, 0.4) is 0 Å². The minimum Gasteiger partial charge on any atom is -0.386 e. The summed E-state index contributed by atoms with van der Waals surface area (Å²) >= 11 is 0. The quantitative estimate of drug-likeness (QED) is 0.746. The van der Waals surface area contributed by atoms with Crippen molar-refractivity contribution in [2.24, 2.45) is 0 Å². The van der Waals surface area contributed by atoms with Crippen molar-refractivity contribution in [3.63, 3.8) is 0 Å². The summed E-state index contributed by atoms with van der Waals surface area (Å²) in [5.41, 5.74) is 0.178. The van der Waals surface area contributed by atoms with Crippen LogP contribution in [-0.4, -0.2) is 39.6 Å². The van der Waals surface area contributed by atoms with Gasteiger partial charge < -0.3 is 10.0 Å². The molecule has 0 spiro atoms. The summed E-state index contributed by atoms with van der Waals surface area (Å²) < 4.78 is 0. The van der Waals surface area contributed by atoms with E-state index in [1.807, 2.05) is 12.1 Å². The van der Waals surface area contributed by atoms with Gasteiger partial charge in [0.05, 0.1) is 13.1 Å². The Hall–Kier alpha value is -1.68. The van der Waals surface area contributed by atoms with E-state index in [0.29, 0.717) is 19.5 Å². The molecule has 0 unspecified atom stereocenters. The van der Waals surface area contributed by atoms with Crippen molar-refractivity contribution in [2.75, 3.05) is 13.1 Å². The smallest absolute Gasteiger partial charge is 0.246 e. The number of aromatic nitrogens is 1. The first-order chi connectivity index (χ1) is 7.63. The van der Waals surface area contributed by atoms with Gasteiger partial charge in [-0.25, -0.2) is 0 Å². The highest BCUT2D eigenvalue weighted by atomic mass is 16.3. The maximum atomic E-state index is 11.2. The van der Waals surface area contributed by atoms with Crippen molar-refractivity contribution in [3.05, 3.63) is 42.7 Å². The molecule has 84 valence electrons. The average molecular weight is 218 g/mol. The summed E-state index contributed by atoms with van der Waals surface area (Å²) in [4.78, 5) is 16.8. The lowest BCUT2D eigenvalue weighted by molar-refractivity contribution is -0.149.